The van der Waals surface area contributed by atoms with Crippen LogP contribution in [0.25, 0.3) is 22.5 Å². The summed E-state index contributed by atoms with van der Waals surface area (Å²) in [5.74, 6) is 0. The summed E-state index contributed by atoms with van der Waals surface area (Å²) in [7, 11) is 0. The Labute approximate surface area is 114 Å². The number of aromatic nitrogens is 2. The van der Waals surface area contributed by atoms with E-state index in [0.29, 0.717) is 0 Å². The summed E-state index contributed by atoms with van der Waals surface area (Å²) in [4.78, 5) is 0. The average Bonchev–Trinajstić information content (AvgIpc) is 2.89. The fourth-order valence-electron chi connectivity index (χ4n) is 1.88. The summed E-state index contributed by atoms with van der Waals surface area (Å²) in [5.41, 5.74) is 4.23. The Kier molecular flexibility index (Phi) is 2.99. The maximum Gasteiger partial charge on any atom is 0.0927 e. The highest BCUT2D eigenvalue weighted by molar-refractivity contribution is 9.10. The van der Waals surface area contributed by atoms with Gasteiger partial charge >= 0.3 is 0 Å². The molecule has 2 nitrogen and oxygen atoms in total. The summed E-state index contributed by atoms with van der Waals surface area (Å²) in [6.45, 7) is 0. The number of hydrogen-bond acceptors (Lipinski definition) is 1. The Morgan fingerprint density at radius 2 is 1.61 bits per heavy atom. The molecule has 18 heavy (non-hydrogen) atoms. The SMILES string of the molecule is Brc1cccc(-c2cc(-c3ccccc3)[nH]n2)c1. The van der Waals surface area contributed by atoms with E-state index in [1.54, 1.807) is 0 Å². The smallest absolute Gasteiger partial charge is 0.0927 e. The molecule has 1 heterocycles. The number of nitrogens with one attached hydrogen (secondary N) is 1. The van der Waals surface area contributed by atoms with Gasteiger partial charge in [0.25, 0.3) is 0 Å². The van der Waals surface area contributed by atoms with Gasteiger partial charge in [-0.15, -0.1) is 0 Å². The van der Waals surface area contributed by atoms with Crippen LogP contribution in [0.1, 0.15) is 0 Å². The van der Waals surface area contributed by atoms with Crippen molar-refractivity contribution in [1.29, 1.82) is 0 Å². The van der Waals surface area contributed by atoms with Crippen molar-refractivity contribution in [2.24, 2.45) is 0 Å². The fourth-order valence-corrected chi connectivity index (χ4v) is 2.28. The van der Waals surface area contributed by atoms with Gasteiger partial charge in [-0.3, -0.25) is 5.10 Å². The third kappa shape index (κ3) is 2.22. The van der Waals surface area contributed by atoms with Crippen LogP contribution >= 0.6 is 15.9 Å². The highest BCUT2D eigenvalue weighted by Crippen LogP contribution is 2.25. The molecule has 1 N–H and O–H groups in total. The molecule has 0 bridgehead atoms. The van der Waals surface area contributed by atoms with E-state index in [4.69, 9.17) is 0 Å². The lowest BCUT2D eigenvalue weighted by atomic mass is 10.1. The molecule has 3 aromatic rings. The highest BCUT2D eigenvalue weighted by atomic mass is 79.9. The maximum atomic E-state index is 4.36. The first-order chi connectivity index (χ1) is 8.83. The minimum atomic E-state index is 0.954. The lowest BCUT2D eigenvalue weighted by Crippen LogP contribution is -1.77. The molecule has 2 aromatic carbocycles. The first-order valence-electron chi connectivity index (χ1n) is 5.70. The normalized spacial score (nSPS) is 10.5. The van der Waals surface area contributed by atoms with E-state index in [2.05, 4.69) is 56.5 Å². The second-order valence-electron chi connectivity index (χ2n) is 4.04. The first kappa shape index (κ1) is 11.2. The van der Waals surface area contributed by atoms with Crippen molar-refractivity contribution in [1.82, 2.24) is 10.2 Å². The van der Waals surface area contributed by atoms with E-state index in [0.717, 1.165) is 27.0 Å². The zero-order chi connectivity index (χ0) is 12.4. The number of hydrogen-bond donors (Lipinski definition) is 1. The van der Waals surface area contributed by atoms with Crippen molar-refractivity contribution in [3.8, 4) is 22.5 Å². The van der Waals surface area contributed by atoms with Crippen LogP contribution in [0, 0.1) is 0 Å². The summed E-state index contributed by atoms with van der Waals surface area (Å²) >= 11 is 3.47. The maximum absolute atomic E-state index is 4.36. The Bertz CT molecular complexity index is 659. The van der Waals surface area contributed by atoms with E-state index in [-0.39, 0.29) is 0 Å². The molecule has 0 spiro atoms. The van der Waals surface area contributed by atoms with Gasteiger partial charge in [-0.1, -0.05) is 58.4 Å². The molecule has 1 aromatic heterocycles. The molecule has 0 aliphatic rings. The topological polar surface area (TPSA) is 28.7 Å². The summed E-state index contributed by atoms with van der Waals surface area (Å²) < 4.78 is 1.06. The minimum Gasteiger partial charge on any atom is -0.277 e. The van der Waals surface area contributed by atoms with E-state index in [9.17, 15) is 0 Å². The number of aromatic amines is 1. The summed E-state index contributed by atoms with van der Waals surface area (Å²) in [5, 5.41) is 7.43. The Morgan fingerprint density at radius 3 is 2.39 bits per heavy atom. The Balaban J connectivity index is 2.00. The molecule has 0 atom stereocenters. The van der Waals surface area contributed by atoms with Crippen LogP contribution in [0.4, 0.5) is 0 Å². The molecule has 0 amide bonds. The predicted molar refractivity (Wildman–Crippen MR) is 77.2 cm³/mol. The van der Waals surface area contributed by atoms with Crippen LogP contribution in [-0.4, -0.2) is 10.2 Å². The Hall–Kier alpha value is -1.87. The van der Waals surface area contributed by atoms with E-state index >= 15 is 0 Å². The number of H-pyrrole nitrogens is 1. The van der Waals surface area contributed by atoms with E-state index < -0.39 is 0 Å². The van der Waals surface area contributed by atoms with Gasteiger partial charge in [0.2, 0.25) is 0 Å². The zero-order valence-corrected chi connectivity index (χ0v) is 11.2. The van der Waals surface area contributed by atoms with Gasteiger partial charge in [-0.05, 0) is 23.8 Å². The van der Waals surface area contributed by atoms with Gasteiger partial charge in [0, 0.05) is 10.0 Å². The standard InChI is InChI=1S/C15H11BrN2/c16-13-8-4-7-12(9-13)15-10-14(17-18-15)11-5-2-1-3-6-11/h1-10H,(H,17,18). The molecule has 88 valence electrons. The second-order valence-corrected chi connectivity index (χ2v) is 4.96. The second kappa shape index (κ2) is 4.78. The number of halogens is 1. The van der Waals surface area contributed by atoms with Crippen molar-refractivity contribution in [2.75, 3.05) is 0 Å². The van der Waals surface area contributed by atoms with Crippen LogP contribution in [0.15, 0.2) is 65.1 Å². The quantitative estimate of drug-likeness (QED) is 0.741. The van der Waals surface area contributed by atoms with Crippen molar-refractivity contribution in [3.05, 3.63) is 65.1 Å². The minimum absolute atomic E-state index is 0.954. The van der Waals surface area contributed by atoms with Crippen LogP contribution < -0.4 is 0 Å². The lowest BCUT2D eigenvalue weighted by molar-refractivity contribution is 1.10. The molecule has 0 saturated heterocycles. The number of nitrogens with zero attached hydrogens (tertiary/aromatic N) is 1. The molecule has 3 heteroatoms. The van der Waals surface area contributed by atoms with Gasteiger partial charge in [0.05, 0.1) is 11.4 Å². The van der Waals surface area contributed by atoms with Crippen molar-refractivity contribution < 1.29 is 0 Å². The van der Waals surface area contributed by atoms with E-state index in [1.807, 2.05) is 30.3 Å². The number of benzene rings is 2. The van der Waals surface area contributed by atoms with Gasteiger partial charge in [-0.25, -0.2) is 0 Å². The van der Waals surface area contributed by atoms with Crippen LogP contribution in [0.5, 0.6) is 0 Å². The van der Waals surface area contributed by atoms with Crippen LogP contribution in [0.3, 0.4) is 0 Å². The largest absolute Gasteiger partial charge is 0.277 e. The van der Waals surface area contributed by atoms with Crippen LogP contribution in [-0.2, 0) is 0 Å². The molecule has 0 unspecified atom stereocenters. The molecule has 0 aliphatic carbocycles. The molecule has 0 saturated carbocycles. The van der Waals surface area contributed by atoms with Crippen LogP contribution in [0.2, 0.25) is 0 Å². The van der Waals surface area contributed by atoms with Gasteiger partial charge < -0.3 is 0 Å². The lowest BCUT2D eigenvalue weighted by Gasteiger charge is -1.96. The van der Waals surface area contributed by atoms with Gasteiger partial charge in [0.1, 0.15) is 0 Å². The van der Waals surface area contributed by atoms with Crippen molar-refractivity contribution in [3.63, 3.8) is 0 Å². The van der Waals surface area contributed by atoms with E-state index in [1.165, 1.54) is 0 Å². The van der Waals surface area contributed by atoms with Gasteiger partial charge in [-0.2, -0.15) is 5.10 Å². The molecular weight excluding hydrogens is 288 g/mol. The summed E-state index contributed by atoms with van der Waals surface area (Å²) in [6.07, 6.45) is 0. The highest BCUT2D eigenvalue weighted by Gasteiger charge is 2.05. The van der Waals surface area contributed by atoms with Crippen molar-refractivity contribution >= 4 is 15.9 Å². The number of rotatable bonds is 2. The Morgan fingerprint density at radius 1 is 0.833 bits per heavy atom. The fraction of sp³-hybridized carbons (Fsp3) is 0. The third-order valence-electron chi connectivity index (χ3n) is 2.78. The predicted octanol–water partition coefficient (Wildman–Crippen LogP) is 4.51. The molecular formula is C15H11BrN2. The molecule has 3 rings (SSSR count). The zero-order valence-electron chi connectivity index (χ0n) is 9.60. The van der Waals surface area contributed by atoms with Crippen molar-refractivity contribution in [2.45, 2.75) is 0 Å². The average molecular weight is 299 g/mol. The monoisotopic (exact) mass is 298 g/mol. The summed E-state index contributed by atoms with van der Waals surface area (Å²) in [6, 6.07) is 20.4. The molecule has 0 aliphatic heterocycles. The third-order valence-corrected chi connectivity index (χ3v) is 3.28. The first-order valence-corrected chi connectivity index (χ1v) is 6.49. The molecule has 0 fully saturated rings. The molecule has 0 radical (unpaired) electrons. The van der Waals surface area contributed by atoms with Gasteiger partial charge in [0.15, 0.2) is 0 Å².